The van der Waals surface area contributed by atoms with Gasteiger partial charge in [-0.2, -0.15) is 15.0 Å². The van der Waals surface area contributed by atoms with E-state index in [4.69, 9.17) is 31.0 Å². The Morgan fingerprint density at radius 2 is 1.79 bits per heavy atom. The van der Waals surface area contributed by atoms with Crippen LogP contribution in [-0.2, 0) is 28.9 Å². The molecule has 3 aromatic carbocycles. The number of aromatic nitrogens is 7. The van der Waals surface area contributed by atoms with E-state index in [0.717, 1.165) is 52.5 Å². The Morgan fingerprint density at radius 3 is 2.53 bits per heavy atom. The smallest absolute Gasteiger partial charge is 0.328 e. The predicted molar refractivity (Wildman–Crippen MR) is 216 cm³/mol. The first-order valence-corrected chi connectivity index (χ1v) is 19.1. The van der Waals surface area contributed by atoms with Crippen molar-refractivity contribution in [3.8, 4) is 5.75 Å². The molecule has 7 rings (SSSR count). The summed E-state index contributed by atoms with van der Waals surface area (Å²) in [5.74, 6) is 1.78. The minimum absolute atomic E-state index is 0.0884. The Labute approximate surface area is 333 Å². The number of rotatable bonds is 15. The third kappa shape index (κ3) is 9.76. The van der Waals surface area contributed by atoms with Crippen LogP contribution in [-0.4, -0.2) is 116 Å². The van der Waals surface area contributed by atoms with Crippen molar-refractivity contribution in [3.05, 3.63) is 106 Å². The maximum Gasteiger partial charge on any atom is 0.328 e. The normalized spacial score (nSPS) is 13.5. The molecule has 0 unspecified atom stereocenters. The molecule has 57 heavy (non-hydrogen) atoms. The average Bonchev–Trinajstić information content (AvgIpc) is 3.93. The van der Waals surface area contributed by atoms with Gasteiger partial charge in [-0.15, -0.1) is 5.10 Å². The number of nitrogens with zero attached hydrogens (tertiary/aromatic N) is 10. The molecule has 0 bridgehead atoms. The summed E-state index contributed by atoms with van der Waals surface area (Å²) in [4.78, 5) is 57.5. The van der Waals surface area contributed by atoms with Gasteiger partial charge in [0.1, 0.15) is 17.6 Å². The number of nitrogens with one attached hydrogen (secondary N) is 3. The highest BCUT2D eigenvalue weighted by molar-refractivity contribution is 7.03. The van der Waals surface area contributed by atoms with Crippen LogP contribution in [0.2, 0.25) is 0 Å². The lowest BCUT2D eigenvalue weighted by Crippen LogP contribution is -2.48. The first kappa shape index (κ1) is 38.6. The van der Waals surface area contributed by atoms with Gasteiger partial charge in [-0.3, -0.25) is 9.69 Å². The van der Waals surface area contributed by atoms with Crippen molar-refractivity contribution in [2.45, 2.75) is 25.4 Å². The summed E-state index contributed by atoms with van der Waals surface area (Å²) in [6, 6.07) is 19.9. The number of anilines is 4. The van der Waals surface area contributed by atoms with Crippen molar-refractivity contribution in [2.24, 2.45) is 0 Å². The third-order valence-electron chi connectivity index (χ3n) is 9.51. The summed E-state index contributed by atoms with van der Waals surface area (Å²) in [5, 5.41) is 12.1. The lowest BCUT2D eigenvalue weighted by atomic mass is 10.1. The maximum atomic E-state index is 13.0. The second kappa shape index (κ2) is 17.8. The van der Waals surface area contributed by atoms with E-state index in [9.17, 15) is 9.59 Å². The van der Waals surface area contributed by atoms with Crippen LogP contribution in [0.3, 0.4) is 0 Å². The van der Waals surface area contributed by atoms with Crippen molar-refractivity contribution in [1.82, 2.24) is 44.3 Å². The van der Waals surface area contributed by atoms with Gasteiger partial charge in [-0.05, 0) is 46.9 Å². The zero-order valence-electron chi connectivity index (χ0n) is 31.7. The van der Waals surface area contributed by atoms with Gasteiger partial charge >= 0.3 is 5.97 Å². The van der Waals surface area contributed by atoms with Gasteiger partial charge in [0.05, 0.1) is 31.8 Å². The molecular weight excluding hydrogens is 747 g/mol. The molecule has 0 spiro atoms. The molecule has 4 heterocycles. The molecule has 1 saturated heterocycles. The van der Waals surface area contributed by atoms with Crippen LogP contribution in [0.4, 0.5) is 29.2 Å². The fourth-order valence-electron chi connectivity index (χ4n) is 6.41. The number of hydrogen-bond donors (Lipinski definition) is 3. The topological polar surface area (TPSA) is 184 Å². The first-order valence-electron chi connectivity index (χ1n) is 18.2. The molecule has 0 saturated carbocycles. The Hall–Kier alpha value is -6.71. The molecule has 0 radical (unpaired) electrons. The zero-order chi connectivity index (χ0) is 39.7. The Bertz CT molecular complexity index is 2360. The highest BCUT2D eigenvalue weighted by Crippen LogP contribution is 2.23. The summed E-state index contributed by atoms with van der Waals surface area (Å²) in [5.41, 5.74) is 5.30. The molecule has 3 N–H and O–H groups in total. The standard InChI is InChI=1S/C39H41N13O4S/c1-40-27-10-8-25(9-11-27)21-32(36(54)56-4)44-38-45-37(46-39(47-38)50(2)15-14-34-42-30-13-12-29(55-3)22-31(30)43-34)41-28-7-5-6-26(20-28)23-51-16-18-52(19-17-51)35(53)33-24-57-49-48-33/h5-13,20,22,24,32H,14-19,21,23H2,2-4H3,(H,42,43)(H2,41,44,45,46,47)/t32-/m0/s1. The monoisotopic (exact) mass is 787 g/mol. The van der Waals surface area contributed by atoms with E-state index >= 15 is 0 Å². The number of carbonyl (C=O) groups excluding carboxylic acids is 2. The van der Waals surface area contributed by atoms with Crippen LogP contribution in [0.25, 0.3) is 15.9 Å². The van der Waals surface area contributed by atoms with E-state index in [1.54, 1.807) is 24.6 Å². The molecule has 6 aromatic rings. The highest BCUT2D eigenvalue weighted by atomic mass is 32.1. The summed E-state index contributed by atoms with van der Waals surface area (Å²) >= 11 is 1.17. The van der Waals surface area contributed by atoms with E-state index in [0.29, 0.717) is 49.9 Å². The number of hydrogen-bond acceptors (Lipinski definition) is 15. The van der Waals surface area contributed by atoms with Gasteiger partial charge in [-0.25, -0.2) is 14.6 Å². The number of benzene rings is 3. The number of fused-ring (bicyclic) bond motifs is 1. The number of likely N-dealkylation sites (N-methyl/N-ethyl adjacent to an activating group) is 1. The Morgan fingerprint density at radius 1 is 0.982 bits per heavy atom. The second-order valence-electron chi connectivity index (χ2n) is 13.4. The molecule has 292 valence electrons. The van der Waals surface area contributed by atoms with Crippen LogP contribution in [0.5, 0.6) is 5.75 Å². The van der Waals surface area contributed by atoms with E-state index in [2.05, 4.69) is 46.0 Å². The number of H-pyrrole nitrogens is 1. The molecule has 18 heteroatoms. The van der Waals surface area contributed by atoms with Crippen molar-refractivity contribution in [1.29, 1.82) is 0 Å². The molecule has 1 fully saturated rings. The number of piperazine rings is 1. The van der Waals surface area contributed by atoms with Gasteiger partial charge < -0.3 is 34.9 Å². The Balaban J connectivity index is 1.08. The fourth-order valence-corrected chi connectivity index (χ4v) is 6.84. The second-order valence-corrected chi connectivity index (χ2v) is 14.0. The average molecular weight is 788 g/mol. The van der Waals surface area contributed by atoms with E-state index in [-0.39, 0.29) is 24.2 Å². The molecule has 1 aliphatic heterocycles. The SMILES string of the molecule is [C-]#[N+]c1ccc(C[C@H](Nc2nc(Nc3cccc(CN4CCN(C(=O)c5csnn5)CC4)c3)nc(N(C)CCc3nc4ccc(OC)cc4[nH]3)n2)C(=O)OC)cc1. The van der Waals surface area contributed by atoms with Gasteiger partial charge in [0.2, 0.25) is 17.8 Å². The van der Waals surface area contributed by atoms with Crippen molar-refractivity contribution >= 4 is 63.7 Å². The quantitative estimate of drug-likeness (QED) is 0.0959. The van der Waals surface area contributed by atoms with E-state index in [1.807, 2.05) is 65.4 Å². The van der Waals surface area contributed by atoms with Gasteiger partial charge in [0.25, 0.3) is 5.91 Å². The number of methoxy groups -OCH3 is 2. The number of ether oxygens (including phenoxy) is 2. The van der Waals surface area contributed by atoms with Gasteiger partial charge in [-0.1, -0.05) is 40.9 Å². The minimum atomic E-state index is -0.827. The summed E-state index contributed by atoms with van der Waals surface area (Å²) in [6.45, 7) is 11.1. The maximum absolute atomic E-state index is 13.0. The van der Waals surface area contributed by atoms with Crippen LogP contribution in [0.15, 0.2) is 72.1 Å². The first-order chi connectivity index (χ1) is 27.8. The highest BCUT2D eigenvalue weighted by Gasteiger charge is 2.25. The lowest BCUT2D eigenvalue weighted by molar-refractivity contribution is -0.141. The summed E-state index contributed by atoms with van der Waals surface area (Å²) in [7, 11) is 4.84. The van der Waals surface area contributed by atoms with Crippen LogP contribution in [0, 0.1) is 6.57 Å². The summed E-state index contributed by atoms with van der Waals surface area (Å²) < 4.78 is 14.3. The van der Waals surface area contributed by atoms with E-state index < -0.39 is 12.0 Å². The lowest BCUT2D eigenvalue weighted by Gasteiger charge is -2.34. The zero-order valence-corrected chi connectivity index (χ0v) is 32.5. The van der Waals surface area contributed by atoms with Gasteiger partial charge in [0, 0.05) is 76.3 Å². The number of imidazole rings is 1. The third-order valence-corrected chi connectivity index (χ3v) is 10.0. The fraction of sp³-hybridized carbons (Fsp3) is 0.308. The molecule has 17 nitrogen and oxygen atoms in total. The number of amides is 1. The summed E-state index contributed by atoms with van der Waals surface area (Å²) in [6.07, 6.45) is 0.844. The van der Waals surface area contributed by atoms with Crippen LogP contribution < -0.4 is 20.3 Å². The number of esters is 1. The molecular formula is C39H41N13O4S. The van der Waals surface area contributed by atoms with Crippen molar-refractivity contribution in [2.75, 3.05) is 69.5 Å². The largest absolute Gasteiger partial charge is 0.497 e. The van der Waals surface area contributed by atoms with E-state index in [1.165, 1.54) is 18.6 Å². The molecule has 1 atom stereocenters. The predicted octanol–water partition coefficient (Wildman–Crippen LogP) is 4.74. The molecule has 3 aromatic heterocycles. The molecule has 1 aliphatic rings. The van der Waals surface area contributed by atoms with Gasteiger partial charge in [0.15, 0.2) is 11.4 Å². The molecule has 0 aliphatic carbocycles. The van der Waals surface area contributed by atoms with Crippen LogP contribution >= 0.6 is 11.5 Å². The van der Waals surface area contributed by atoms with Crippen molar-refractivity contribution < 1.29 is 19.1 Å². The number of aromatic amines is 1. The number of carbonyl (C=O) groups is 2. The minimum Gasteiger partial charge on any atom is -0.497 e. The molecule has 1 amide bonds. The van der Waals surface area contributed by atoms with Crippen LogP contribution in [0.1, 0.15) is 27.4 Å². The Kier molecular flexibility index (Phi) is 12.1. The van der Waals surface area contributed by atoms with Crippen molar-refractivity contribution in [3.63, 3.8) is 0 Å².